The molecule has 1 aromatic heterocycles. The first kappa shape index (κ1) is 24.2. The number of amides is 2. The number of nitrogens with one attached hydrogen (secondary N) is 3. The van der Waals surface area contributed by atoms with E-state index in [2.05, 4.69) is 20.6 Å². The van der Waals surface area contributed by atoms with Crippen LogP contribution in [0, 0.1) is 13.8 Å². The van der Waals surface area contributed by atoms with Gasteiger partial charge in [0.1, 0.15) is 11.5 Å². The van der Waals surface area contributed by atoms with Crippen molar-refractivity contribution in [1.82, 2.24) is 10.1 Å². The van der Waals surface area contributed by atoms with Crippen molar-refractivity contribution in [3.63, 3.8) is 0 Å². The Bertz CT molecular complexity index is 1300. The number of sulfonamides is 1. The molecule has 2 aromatic carbocycles. The Morgan fingerprint density at radius 1 is 1.03 bits per heavy atom. The summed E-state index contributed by atoms with van der Waals surface area (Å²) in [7, 11) is -3.69. The number of furan rings is 1. The zero-order chi connectivity index (χ0) is 24.0. The number of carbonyl (C=O) groups excluding carboxylic acids is 2. The van der Waals surface area contributed by atoms with Crippen molar-refractivity contribution in [3.8, 4) is 0 Å². The van der Waals surface area contributed by atoms with Gasteiger partial charge in [-0.1, -0.05) is 29.3 Å². The average molecular weight is 489 g/mol. The van der Waals surface area contributed by atoms with Crippen LogP contribution in [0.3, 0.4) is 0 Å². The van der Waals surface area contributed by atoms with Crippen LogP contribution < -0.4 is 15.5 Å². The van der Waals surface area contributed by atoms with E-state index in [9.17, 15) is 18.0 Å². The Kier molecular flexibility index (Phi) is 7.64. The Hall–Kier alpha value is -3.47. The summed E-state index contributed by atoms with van der Waals surface area (Å²) < 4.78 is 32.6. The van der Waals surface area contributed by atoms with Crippen LogP contribution in [0.1, 0.15) is 22.6 Å². The zero-order valence-electron chi connectivity index (χ0n) is 17.8. The lowest BCUT2D eigenvalue weighted by Gasteiger charge is -2.07. The molecule has 0 saturated carbocycles. The van der Waals surface area contributed by atoms with Gasteiger partial charge in [-0.3, -0.25) is 9.59 Å². The van der Waals surface area contributed by atoms with Crippen molar-refractivity contribution in [2.75, 3.05) is 5.32 Å². The van der Waals surface area contributed by atoms with E-state index in [-0.39, 0.29) is 17.2 Å². The fourth-order valence-corrected chi connectivity index (χ4v) is 3.90. The zero-order valence-corrected chi connectivity index (χ0v) is 19.3. The molecule has 1 heterocycles. The number of hydrazone groups is 1. The molecular weight excluding hydrogens is 468 g/mol. The first-order valence-electron chi connectivity index (χ1n) is 9.69. The van der Waals surface area contributed by atoms with Gasteiger partial charge >= 0.3 is 11.8 Å². The highest BCUT2D eigenvalue weighted by Gasteiger charge is 2.15. The molecule has 0 aliphatic heterocycles. The second-order valence-electron chi connectivity index (χ2n) is 7.05. The van der Waals surface area contributed by atoms with E-state index in [0.29, 0.717) is 22.0 Å². The van der Waals surface area contributed by atoms with Crippen molar-refractivity contribution in [2.45, 2.75) is 25.3 Å². The predicted molar refractivity (Wildman–Crippen MR) is 124 cm³/mol. The number of hydrogen-bond acceptors (Lipinski definition) is 6. The summed E-state index contributed by atoms with van der Waals surface area (Å²) >= 11 is 5.87. The van der Waals surface area contributed by atoms with Crippen molar-refractivity contribution in [3.05, 3.63) is 82.3 Å². The Morgan fingerprint density at radius 3 is 2.45 bits per heavy atom. The van der Waals surface area contributed by atoms with E-state index in [1.54, 1.807) is 49.4 Å². The lowest BCUT2D eigenvalue weighted by atomic mass is 10.2. The number of nitrogens with zero attached hydrogens (tertiary/aromatic N) is 1. The minimum Gasteiger partial charge on any atom is -0.459 e. The molecule has 33 heavy (non-hydrogen) atoms. The minimum atomic E-state index is -3.69. The van der Waals surface area contributed by atoms with Crippen molar-refractivity contribution >= 4 is 45.3 Å². The molecule has 172 valence electrons. The number of halogens is 1. The molecule has 0 fully saturated rings. The molecule has 0 spiro atoms. The quantitative estimate of drug-likeness (QED) is 0.267. The van der Waals surface area contributed by atoms with Gasteiger partial charge in [0.25, 0.3) is 0 Å². The largest absolute Gasteiger partial charge is 0.459 e. The highest BCUT2D eigenvalue weighted by molar-refractivity contribution is 7.89. The third kappa shape index (κ3) is 6.75. The summed E-state index contributed by atoms with van der Waals surface area (Å²) in [6.45, 7) is 3.54. The summed E-state index contributed by atoms with van der Waals surface area (Å²) in [5, 5.41) is 6.66. The standard InChI is InChI=1S/C22H21ClN4O5S/c1-14-3-8-19(9-4-14)33(30,31)25-13-18-7-6-17(32-18)12-24-27-22(29)21(28)26-20-10-5-16(23)11-15(20)2/h3-12,25H,13H2,1-2H3,(H,26,28)(H,27,29)/b24-12+. The van der Waals surface area contributed by atoms with Crippen LogP contribution in [0.2, 0.25) is 5.02 Å². The van der Waals surface area contributed by atoms with Crippen molar-refractivity contribution in [2.24, 2.45) is 5.10 Å². The summed E-state index contributed by atoms with van der Waals surface area (Å²) in [4.78, 5) is 24.1. The average Bonchev–Trinajstić information content (AvgIpc) is 3.22. The lowest BCUT2D eigenvalue weighted by molar-refractivity contribution is -0.136. The van der Waals surface area contributed by atoms with Gasteiger partial charge in [-0.2, -0.15) is 5.10 Å². The lowest BCUT2D eigenvalue weighted by Crippen LogP contribution is -2.32. The molecule has 3 rings (SSSR count). The van der Waals surface area contributed by atoms with Gasteiger partial charge in [0.05, 0.1) is 17.7 Å². The molecule has 0 aliphatic carbocycles. The van der Waals surface area contributed by atoms with Crippen molar-refractivity contribution in [1.29, 1.82) is 0 Å². The molecule has 2 amide bonds. The van der Waals surface area contributed by atoms with Crippen LogP contribution in [0.15, 0.2) is 69.0 Å². The van der Waals surface area contributed by atoms with E-state index in [1.165, 1.54) is 18.3 Å². The maximum Gasteiger partial charge on any atom is 0.329 e. The maximum absolute atomic E-state index is 12.3. The molecule has 0 aliphatic rings. The fraction of sp³-hybridized carbons (Fsp3) is 0.136. The van der Waals surface area contributed by atoms with E-state index in [4.69, 9.17) is 16.0 Å². The third-order valence-corrected chi connectivity index (χ3v) is 6.10. The first-order valence-corrected chi connectivity index (χ1v) is 11.6. The van der Waals surface area contributed by atoms with E-state index in [0.717, 1.165) is 5.56 Å². The SMILES string of the molecule is Cc1ccc(S(=O)(=O)NCc2ccc(/C=N/NC(=O)C(=O)Nc3ccc(Cl)cc3C)o2)cc1. The van der Waals surface area contributed by atoms with Crippen LogP contribution >= 0.6 is 11.6 Å². The number of hydrogen-bond donors (Lipinski definition) is 3. The molecular formula is C22H21ClN4O5S. The molecule has 9 nitrogen and oxygen atoms in total. The van der Waals surface area contributed by atoms with Gasteiger partial charge in [0, 0.05) is 10.7 Å². The summed E-state index contributed by atoms with van der Waals surface area (Å²) in [6.07, 6.45) is 1.19. The van der Waals surface area contributed by atoms with Crippen LogP contribution in [0.25, 0.3) is 0 Å². The van der Waals surface area contributed by atoms with E-state index in [1.807, 2.05) is 6.92 Å². The van der Waals surface area contributed by atoms with E-state index < -0.39 is 21.8 Å². The van der Waals surface area contributed by atoms with Gasteiger partial charge in [0.2, 0.25) is 10.0 Å². The predicted octanol–water partition coefficient (Wildman–Crippen LogP) is 3.12. The van der Waals surface area contributed by atoms with Gasteiger partial charge in [-0.25, -0.2) is 18.6 Å². The highest BCUT2D eigenvalue weighted by Crippen LogP contribution is 2.19. The normalized spacial score (nSPS) is 11.5. The molecule has 11 heteroatoms. The number of benzene rings is 2. The Balaban J connectivity index is 1.51. The molecule has 3 N–H and O–H groups in total. The smallest absolute Gasteiger partial charge is 0.329 e. The maximum atomic E-state index is 12.3. The summed E-state index contributed by atoms with van der Waals surface area (Å²) in [5.74, 6) is -1.27. The minimum absolute atomic E-state index is 0.0702. The third-order valence-electron chi connectivity index (χ3n) is 4.45. The first-order chi connectivity index (χ1) is 15.6. The van der Waals surface area contributed by atoms with Crippen LogP contribution in [-0.2, 0) is 26.2 Å². The van der Waals surface area contributed by atoms with Crippen LogP contribution in [-0.4, -0.2) is 26.4 Å². The van der Waals surface area contributed by atoms with Crippen molar-refractivity contribution < 1.29 is 22.4 Å². The molecule has 0 bridgehead atoms. The van der Waals surface area contributed by atoms with Gasteiger partial charge in [-0.15, -0.1) is 0 Å². The number of aryl methyl sites for hydroxylation is 2. The number of anilines is 1. The molecule has 0 atom stereocenters. The second-order valence-corrected chi connectivity index (χ2v) is 9.26. The Morgan fingerprint density at radius 2 is 1.76 bits per heavy atom. The van der Waals surface area contributed by atoms with Crippen LogP contribution in [0.5, 0.6) is 0 Å². The van der Waals surface area contributed by atoms with E-state index >= 15 is 0 Å². The highest BCUT2D eigenvalue weighted by atomic mass is 35.5. The molecule has 3 aromatic rings. The topological polar surface area (TPSA) is 130 Å². The monoisotopic (exact) mass is 488 g/mol. The summed E-state index contributed by atoms with van der Waals surface area (Å²) in [6, 6.07) is 14.4. The van der Waals surface area contributed by atoms with Gasteiger partial charge in [-0.05, 0) is 61.9 Å². The van der Waals surface area contributed by atoms with Gasteiger partial charge < -0.3 is 9.73 Å². The molecule has 0 radical (unpaired) electrons. The van der Waals surface area contributed by atoms with Gasteiger partial charge in [0.15, 0.2) is 0 Å². The fourth-order valence-electron chi connectivity index (χ4n) is 2.68. The Labute approximate surface area is 195 Å². The molecule has 0 unspecified atom stereocenters. The summed E-state index contributed by atoms with van der Waals surface area (Å²) in [5.41, 5.74) is 4.20. The van der Waals surface area contributed by atoms with Crippen LogP contribution in [0.4, 0.5) is 5.69 Å². The number of carbonyl (C=O) groups is 2. The molecule has 0 saturated heterocycles. The number of rotatable bonds is 7. The second kappa shape index (κ2) is 10.4.